The summed E-state index contributed by atoms with van der Waals surface area (Å²) in [4.78, 5) is 25.3. The van der Waals surface area contributed by atoms with Crippen LogP contribution >= 0.6 is 0 Å². The molecule has 1 heterocycles. The van der Waals surface area contributed by atoms with Crippen LogP contribution in [0.3, 0.4) is 0 Å². The van der Waals surface area contributed by atoms with Gasteiger partial charge in [-0.2, -0.15) is 0 Å². The number of esters is 1. The summed E-state index contributed by atoms with van der Waals surface area (Å²) < 4.78 is 5.26. The van der Waals surface area contributed by atoms with Gasteiger partial charge in [0.25, 0.3) is 5.91 Å². The Kier molecular flexibility index (Phi) is 4.74. The van der Waals surface area contributed by atoms with Gasteiger partial charge in [0.1, 0.15) is 18.8 Å². The molecule has 0 spiro atoms. The van der Waals surface area contributed by atoms with Crippen LogP contribution in [0, 0.1) is 0 Å². The molecule has 0 saturated carbocycles. The first kappa shape index (κ1) is 14.5. The first-order chi connectivity index (χ1) is 9.59. The fraction of sp³-hybridized carbons (Fsp3) is 0.467. The van der Waals surface area contributed by atoms with Crippen LogP contribution < -0.4 is 0 Å². The highest BCUT2D eigenvalue weighted by Gasteiger charge is 2.36. The number of carbonyl (C=O) groups is 2. The SMILES string of the molecule is C[C@H](O)C(=O)N1CCC[C@H]1C(=O)OCc1ccccc1. The van der Waals surface area contributed by atoms with Crippen molar-refractivity contribution in [1.82, 2.24) is 4.90 Å². The Morgan fingerprint density at radius 2 is 2.10 bits per heavy atom. The van der Waals surface area contributed by atoms with Crippen LogP contribution in [0.25, 0.3) is 0 Å². The molecule has 0 bridgehead atoms. The van der Waals surface area contributed by atoms with E-state index < -0.39 is 24.0 Å². The maximum atomic E-state index is 12.1. The molecule has 0 unspecified atom stereocenters. The smallest absolute Gasteiger partial charge is 0.329 e. The molecule has 0 radical (unpaired) electrons. The largest absolute Gasteiger partial charge is 0.459 e. The van der Waals surface area contributed by atoms with Crippen molar-refractivity contribution in [3.8, 4) is 0 Å². The van der Waals surface area contributed by atoms with Gasteiger partial charge in [-0.15, -0.1) is 0 Å². The lowest BCUT2D eigenvalue weighted by Crippen LogP contribution is -2.45. The monoisotopic (exact) mass is 277 g/mol. The molecule has 5 nitrogen and oxygen atoms in total. The Balaban J connectivity index is 1.93. The van der Waals surface area contributed by atoms with Gasteiger partial charge in [0.05, 0.1) is 0 Å². The third-order valence-corrected chi connectivity index (χ3v) is 3.39. The second kappa shape index (κ2) is 6.52. The minimum atomic E-state index is -1.09. The van der Waals surface area contributed by atoms with Crippen molar-refractivity contribution < 1.29 is 19.4 Å². The summed E-state index contributed by atoms with van der Waals surface area (Å²) in [5, 5.41) is 9.35. The van der Waals surface area contributed by atoms with Crippen molar-refractivity contribution in [3.05, 3.63) is 35.9 Å². The molecule has 1 amide bonds. The number of ether oxygens (including phenoxy) is 1. The first-order valence-corrected chi connectivity index (χ1v) is 6.78. The van der Waals surface area contributed by atoms with Gasteiger partial charge in [0, 0.05) is 6.54 Å². The fourth-order valence-corrected chi connectivity index (χ4v) is 2.34. The topological polar surface area (TPSA) is 66.8 Å². The third kappa shape index (κ3) is 3.36. The minimum absolute atomic E-state index is 0.201. The molecule has 1 saturated heterocycles. The van der Waals surface area contributed by atoms with Crippen molar-refractivity contribution >= 4 is 11.9 Å². The van der Waals surface area contributed by atoms with E-state index in [1.54, 1.807) is 0 Å². The second-order valence-electron chi connectivity index (χ2n) is 4.96. The summed E-state index contributed by atoms with van der Waals surface area (Å²) in [5.41, 5.74) is 0.909. The normalized spacial score (nSPS) is 19.7. The summed E-state index contributed by atoms with van der Waals surface area (Å²) in [6, 6.07) is 8.83. The molecule has 2 rings (SSSR count). The van der Waals surface area contributed by atoms with E-state index in [0.717, 1.165) is 12.0 Å². The van der Waals surface area contributed by atoms with Crippen LogP contribution in [0.1, 0.15) is 25.3 Å². The van der Waals surface area contributed by atoms with Crippen molar-refractivity contribution in [2.45, 2.75) is 38.5 Å². The maximum Gasteiger partial charge on any atom is 0.329 e. The van der Waals surface area contributed by atoms with E-state index in [0.29, 0.717) is 13.0 Å². The summed E-state index contributed by atoms with van der Waals surface area (Å²) in [6.07, 6.45) is 0.257. The molecule has 0 aromatic heterocycles. The molecule has 5 heteroatoms. The van der Waals surface area contributed by atoms with Gasteiger partial charge < -0.3 is 14.7 Å². The number of benzene rings is 1. The summed E-state index contributed by atoms with van der Waals surface area (Å²) in [5.74, 6) is -0.815. The zero-order valence-corrected chi connectivity index (χ0v) is 11.5. The number of aliphatic hydroxyl groups is 1. The molecular weight excluding hydrogens is 258 g/mol. The van der Waals surface area contributed by atoms with Crippen molar-refractivity contribution in [2.75, 3.05) is 6.54 Å². The molecule has 1 aliphatic heterocycles. The predicted molar refractivity (Wildman–Crippen MR) is 72.7 cm³/mol. The first-order valence-electron chi connectivity index (χ1n) is 6.78. The van der Waals surface area contributed by atoms with Crippen molar-refractivity contribution in [3.63, 3.8) is 0 Å². The predicted octanol–water partition coefficient (Wildman–Crippen LogP) is 1.10. The Labute approximate surface area is 118 Å². The highest BCUT2D eigenvalue weighted by Crippen LogP contribution is 2.20. The van der Waals surface area contributed by atoms with E-state index in [1.807, 2.05) is 30.3 Å². The fourth-order valence-electron chi connectivity index (χ4n) is 2.34. The lowest BCUT2D eigenvalue weighted by Gasteiger charge is -2.24. The minimum Gasteiger partial charge on any atom is -0.459 e. The van der Waals surface area contributed by atoms with Crippen LogP contribution in [0.4, 0.5) is 0 Å². The van der Waals surface area contributed by atoms with Crippen LogP contribution in [0.2, 0.25) is 0 Å². The van der Waals surface area contributed by atoms with Crippen LogP contribution in [-0.2, 0) is 20.9 Å². The zero-order chi connectivity index (χ0) is 14.5. The highest BCUT2D eigenvalue weighted by molar-refractivity contribution is 5.87. The molecule has 1 aromatic rings. The number of hydrogen-bond acceptors (Lipinski definition) is 4. The van der Waals surface area contributed by atoms with Crippen LogP contribution in [-0.4, -0.2) is 40.6 Å². The number of nitrogens with zero attached hydrogens (tertiary/aromatic N) is 1. The summed E-state index contributed by atoms with van der Waals surface area (Å²) >= 11 is 0. The highest BCUT2D eigenvalue weighted by atomic mass is 16.5. The molecule has 1 aliphatic rings. The van der Waals surface area contributed by atoms with Crippen LogP contribution in [0.15, 0.2) is 30.3 Å². The quantitative estimate of drug-likeness (QED) is 0.837. The molecule has 0 aliphatic carbocycles. The number of carbonyl (C=O) groups excluding carboxylic acids is 2. The Morgan fingerprint density at radius 1 is 1.40 bits per heavy atom. The van der Waals surface area contributed by atoms with Gasteiger partial charge in [-0.05, 0) is 25.3 Å². The number of hydrogen-bond donors (Lipinski definition) is 1. The zero-order valence-electron chi connectivity index (χ0n) is 11.5. The molecule has 1 fully saturated rings. The number of rotatable bonds is 4. The van der Waals surface area contributed by atoms with E-state index in [2.05, 4.69) is 0 Å². The van der Waals surface area contributed by atoms with Crippen molar-refractivity contribution in [2.24, 2.45) is 0 Å². The third-order valence-electron chi connectivity index (χ3n) is 3.39. The van der Waals surface area contributed by atoms with E-state index in [1.165, 1.54) is 11.8 Å². The number of amides is 1. The maximum absolute atomic E-state index is 12.1. The van der Waals surface area contributed by atoms with Crippen LogP contribution in [0.5, 0.6) is 0 Å². The lowest BCUT2D eigenvalue weighted by atomic mass is 10.2. The molecule has 1 aromatic carbocycles. The van der Waals surface area contributed by atoms with E-state index >= 15 is 0 Å². The van der Waals surface area contributed by atoms with Crippen molar-refractivity contribution in [1.29, 1.82) is 0 Å². The number of aliphatic hydroxyl groups excluding tert-OH is 1. The van der Waals surface area contributed by atoms with E-state index in [-0.39, 0.29) is 6.61 Å². The van der Waals surface area contributed by atoms with Gasteiger partial charge in [0.2, 0.25) is 0 Å². The lowest BCUT2D eigenvalue weighted by molar-refractivity contribution is -0.156. The standard InChI is InChI=1S/C15H19NO4/c1-11(17)14(18)16-9-5-8-13(16)15(19)20-10-12-6-3-2-4-7-12/h2-4,6-7,11,13,17H,5,8-10H2,1H3/t11-,13-/m0/s1. The Morgan fingerprint density at radius 3 is 2.75 bits per heavy atom. The van der Waals surface area contributed by atoms with Gasteiger partial charge in [0.15, 0.2) is 0 Å². The van der Waals surface area contributed by atoms with Gasteiger partial charge in [-0.25, -0.2) is 4.79 Å². The van der Waals surface area contributed by atoms with Gasteiger partial charge >= 0.3 is 5.97 Å². The van der Waals surface area contributed by atoms with E-state index in [4.69, 9.17) is 4.74 Å². The number of likely N-dealkylation sites (tertiary alicyclic amines) is 1. The molecule has 1 N–H and O–H groups in total. The Hall–Kier alpha value is -1.88. The Bertz CT molecular complexity index is 472. The molecule has 2 atom stereocenters. The van der Waals surface area contributed by atoms with E-state index in [9.17, 15) is 14.7 Å². The molecule has 20 heavy (non-hydrogen) atoms. The summed E-state index contributed by atoms with van der Waals surface area (Å²) in [6.45, 7) is 2.11. The molecular formula is C15H19NO4. The van der Waals surface area contributed by atoms with Gasteiger partial charge in [-0.1, -0.05) is 30.3 Å². The molecule has 108 valence electrons. The van der Waals surface area contributed by atoms with Gasteiger partial charge in [-0.3, -0.25) is 4.79 Å². The second-order valence-corrected chi connectivity index (χ2v) is 4.96. The average molecular weight is 277 g/mol. The average Bonchev–Trinajstić information content (AvgIpc) is 2.94. The summed E-state index contributed by atoms with van der Waals surface area (Å²) in [7, 11) is 0.